The molecule has 30 heavy (non-hydrogen) atoms. The fraction of sp³-hybridized carbons (Fsp3) is 0.0909. The number of imidazole rings is 1. The Bertz CT molecular complexity index is 1310. The maximum Gasteiger partial charge on any atom is 0.262 e. The molecule has 0 saturated heterocycles. The van der Waals surface area contributed by atoms with Gasteiger partial charge in [-0.25, -0.2) is 13.4 Å². The lowest BCUT2D eigenvalue weighted by Gasteiger charge is -2.11. The summed E-state index contributed by atoms with van der Waals surface area (Å²) in [5.41, 5.74) is 3.85. The highest BCUT2D eigenvalue weighted by molar-refractivity contribution is 7.92. The number of carbonyl (C=O) groups excluding carboxylic acids is 1. The third kappa shape index (κ3) is 4.04. The largest absolute Gasteiger partial charge is 0.324 e. The molecule has 1 amide bonds. The van der Waals surface area contributed by atoms with Crippen molar-refractivity contribution in [2.24, 2.45) is 0 Å². The maximum absolute atomic E-state index is 12.7. The minimum Gasteiger partial charge on any atom is -0.324 e. The Morgan fingerprint density at radius 3 is 2.43 bits per heavy atom. The van der Waals surface area contributed by atoms with Crippen molar-refractivity contribution in [2.45, 2.75) is 18.7 Å². The highest BCUT2D eigenvalue weighted by atomic mass is 32.2. The number of hydrogen-bond acceptors (Lipinski definition) is 4. The second-order valence-corrected chi connectivity index (χ2v) is 8.66. The topological polar surface area (TPSA) is 104 Å². The average molecular weight is 420 g/mol. The molecule has 0 bridgehead atoms. The number of aromatic nitrogens is 2. The van der Waals surface area contributed by atoms with E-state index in [4.69, 9.17) is 0 Å². The van der Waals surface area contributed by atoms with Crippen molar-refractivity contribution in [3.05, 3.63) is 83.4 Å². The van der Waals surface area contributed by atoms with Crippen LogP contribution in [0.4, 0.5) is 11.6 Å². The number of para-hydroxylation sites is 2. The molecule has 0 aliphatic rings. The number of H-pyrrole nitrogens is 1. The quantitative estimate of drug-likeness (QED) is 0.449. The monoisotopic (exact) mass is 420 g/mol. The molecule has 4 aromatic rings. The van der Waals surface area contributed by atoms with Gasteiger partial charge in [-0.05, 0) is 67.4 Å². The van der Waals surface area contributed by atoms with Crippen LogP contribution < -0.4 is 10.0 Å². The zero-order valence-corrected chi connectivity index (χ0v) is 17.2. The third-order valence-corrected chi connectivity index (χ3v) is 6.18. The molecular formula is C22H20N4O3S. The molecule has 3 N–H and O–H groups in total. The molecule has 4 rings (SSSR count). The van der Waals surface area contributed by atoms with Gasteiger partial charge >= 0.3 is 0 Å². The van der Waals surface area contributed by atoms with Gasteiger partial charge in [0.05, 0.1) is 15.9 Å². The first-order valence-corrected chi connectivity index (χ1v) is 10.8. The van der Waals surface area contributed by atoms with Gasteiger partial charge in [-0.1, -0.05) is 24.3 Å². The molecule has 8 heteroatoms. The average Bonchev–Trinajstić information content (AvgIpc) is 3.12. The van der Waals surface area contributed by atoms with Crippen molar-refractivity contribution in [1.82, 2.24) is 9.97 Å². The fourth-order valence-corrected chi connectivity index (χ4v) is 4.48. The fourth-order valence-electron chi connectivity index (χ4n) is 3.09. The summed E-state index contributed by atoms with van der Waals surface area (Å²) in [7, 11) is -3.73. The van der Waals surface area contributed by atoms with Gasteiger partial charge in [0.1, 0.15) is 0 Å². The molecule has 152 valence electrons. The lowest BCUT2D eigenvalue weighted by molar-refractivity contribution is 0.102. The van der Waals surface area contributed by atoms with E-state index in [0.29, 0.717) is 22.8 Å². The summed E-state index contributed by atoms with van der Waals surface area (Å²) in [6, 6.07) is 18.9. The Morgan fingerprint density at radius 1 is 0.967 bits per heavy atom. The summed E-state index contributed by atoms with van der Waals surface area (Å²) in [5.74, 6) is -0.00102. The number of anilines is 2. The molecule has 0 saturated carbocycles. The van der Waals surface area contributed by atoms with E-state index in [9.17, 15) is 13.2 Å². The number of hydrogen-bond donors (Lipinski definition) is 3. The molecule has 7 nitrogen and oxygen atoms in total. The maximum atomic E-state index is 12.7. The number of benzene rings is 3. The smallest absolute Gasteiger partial charge is 0.262 e. The second kappa shape index (κ2) is 7.64. The Balaban J connectivity index is 1.49. The molecule has 1 heterocycles. The number of aryl methyl sites for hydroxylation is 2. The van der Waals surface area contributed by atoms with Crippen LogP contribution in [0.5, 0.6) is 0 Å². The van der Waals surface area contributed by atoms with E-state index in [1.807, 2.05) is 37.3 Å². The van der Waals surface area contributed by atoms with Crippen molar-refractivity contribution in [3.63, 3.8) is 0 Å². The van der Waals surface area contributed by atoms with Crippen molar-refractivity contribution in [2.75, 3.05) is 10.0 Å². The first kappa shape index (κ1) is 19.7. The van der Waals surface area contributed by atoms with Crippen molar-refractivity contribution >= 4 is 38.6 Å². The molecule has 1 aromatic heterocycles. The Kier molecular flexibility index (Phi) is 5.01. The number of amides is 1. The first-order valence-electron chi connectivity index (χ1n) is 9.28. The molecule has 0 aliphatic carbocycles. The number of fused-ring (bicyclic) bond motifs is 1. The molecule has 0 spiro atoms. The van der Waals surface area contributed by atoms with Gasteiger partial charge in [0, 0.05) is 11.3 Å². The van der Waals surface area contributed by atoms with Crippen LogP contribution in [0, 0.1) is 13.8 Å². The zero-order chi connectivity index (χ0) is 21.3. The molecular weight excluding hydrogens is 400 g/mol. The van der Waals surface area contributed by atoms with E-state index in [1.165, 1.54) is 0 Å². The Hall–Kier alpha value is -3.65. The first-order chi connectivity index (χ1) is 14.3. The van der Waals surface area contributed by atoms with Crippen LogP contribution in [-0.4, -0.2) is 24.3 Å². The van der Waals surface area contributed by atoms with Gasteiger partial charge in [0.2, 0.25) is 5.95 Å². The van der Waals surface area contributed by atoms with Crippen LogP contribution in [0.15, 0.2) is 71.6 Å². The van der Waals surface area contributed by atoms with E-state index in [-0.39, 0.29) is 10.8 Å². The minimum atomic E-state index is -3.73. The normalized spacial score (nSPS) is 11.4. The Morgan fingerprint density at radius 2 is 1.70 bits per heavy atom. The van der Waals surface area contributed by atoms with E-state index >= 15 is 0 Å². The second-order valence-electron chi connectivity index (χ2n) is 7.01. The van der Waals surface area contributed by atoms with E-state index < -0.39 is 10.0 Å². The minimum absolute atomic E-state index is 0.231. The van der Waals surface area contributed by atoms with Gasteiger partial charge in [0.15, 0.2) is 0 Å². The van der Waals surface area contributed by atoms with Crippen molar-refractivity contribution in [3.8, 4) is 0 Å². The van der Waals surface area contributed by atoms with Gasteiger partial charge in [-0.15, -0.1) is 0 Å². The van der Waals surface area contributed by atoms with Crippen LogP contribution >= 0.6 is 0 Å². The summed E-state index contributed by atoms with van der Waals surface area (Å²) in [5, 5.41) is 2.71. The van der Waals surface area contributed by atoms with Gasteiger partial charge in [0.25, 0.3) is 15.9 Å². The van der Waals surface area contributed by atoms with E-state index in [0.717, 1.165) is 16.6 Å². The van der Waals surface area contributed by atoms with E-state index in [1.54, 1.807) is 43.3 Å². The summed E-state index contributed by atoms with van der Waals surface area (Å²) in [6.45, 7) is 3.59. The van der Waals surface area contributed by atoms with Crippen LogP contribution in [0.3, 0.4) is 0 Å². The van der Waals surface area contributed by atoms with Crippen LogP contribution in [0.25, 0.3) is 11.0 Å². The molecule has 0 unspecified atom stereocenters. The van der Waals surface area contributed by atoms with Crippen LogP contribution in [-0.2, 0) is 10.0 Å². The molecule has 0 fully saturated rings. The van der Waals surface area contributed by atoms with Gasteiger partial charge in [-0.2, -0.15) is 0 Å². The van der Waals surface area contributed by atoms with Crippen LogP contribution in [0.1, 0.15) is 21.5 Å². The van der Waals surface area contributed by atoms with Crippen molar-refractivity contribution < 1.29 is 13.2 Å². The van der Waals surface area contributed by atoms with Gasteiger partial charge in [-0.3, -0.25) is 14.8 Å². The highest BCUT2D eigenvalue weighted by Gasteiger charge is 2.17. The summed E-state index contributed by atoms with van der Waals surface area (Å²) < 4.78 is 28.0. The molecule has 0 radical (unpaired) electrons. The van der Waals surface area contributed by atoms with E-state index in [2.05, 4.69) is 20.0 Å². The zero-order valence-electron chi connectivity index (χ0n) is 16.4. The number of rotatable bonds is 5. The lowest BCUT2D eigenvalue weighted by Crippen LogP contribution is -2.15. The summed E-state index contributed by atoms with van der Waals surface area (Å²) in [4.78, 5) is 20.1. The van der Waals surface area contributed by atoms with Crippen LogP contribution in [0.2, 0.25) is 0 Å². The lowest BCUT2D eigenvalue weighted by atomic mass is 10.2. The van der Waals surface area contributed by atoms with Gasteiger partial charge < -0.3 is 4.98 Å². The SMILES string of the molecule is Cc1ccc(C)c(S(=O)(=O)Nc2ccc(C(=O)Nc3nc4ccccc4[nH]3)cc2)c1. The molecule has 0 aliphatic heterocycles. The Labute approximate surface area is 174 Å². The number of sulfonamides is 1. The summed E-state index contributed by atoms with van der Waals surface area (Å²) in [6.07, 6.45) is 0. The number of aromatic amines is 1. The number of nitrogens with zero attached hydrogens (tertiary/aromatic N) is 1. The third-order valence-electron chi connectivity index (χ3n) is 4.65. The molecule has 0 atom stereocenters. The standard InChI is InChI=1S/C22H20N4O3S/c1-14-7-8-15(2)20(13-14)30(28,29)26-17-11-9-16(10-12-17)21(27)25-22-23-18-5-3-4-6-19(18)24-22/h3-13,26H,1-2H3,(H2,23,24,25,27). The number of nitrogens with one attached hydrogen (secondary N) is 3. The predicted octanol–water partition coefficient (Wildman–Crippen LogP) is 4.23. The predicted molar refractivity (Wildman–Crippen MR) is 117 cm³/mol. The summed E-state index contributed by atoms with van der Waals surface area (Å²) >= 11 is 0. The highest BCUT2D eigenvalue weighted by Crippen LogP contribution is 2.21. The van der Waals surface area contributed by atoms with Crippen molar-refractivity contribution in [1.29, 1.82) is 0 Å². The molecule has 3 aromatic carbocycles. The number of carbonyl (C=O) groups is 1.